The predicted molar refractivity (Wildman–Crippen MR) is 50.0 cm³/mol. The first kappa shape index (κ1) is 8.10. The molecular weight excluding hydrogens is 166 g/mol. The number of carbonyl (C=O) groups is 1. The van der Waals surface area contributed by atoms with Gasteiger partial charge in [-0.15, -0.1) is 0 Å². The lowest BCUT2D eigenvalue weighted by Gasteiger charge is -2.03. The third kappa shape index (κ3) is 1.16. The second kappa shape index (κ2) is 2.76. The molecule has 0 bridgehead atoms. The maximum atomic E-state index is 11.3. The molecule has 0 radical (unpaired) electrons. The van der Waals surface area contributed by atoms with Gasteiger partial charge in [-0.1, -0.05) is 0 Å². The van der Waals surface area contributed by atoms with Gasteiger partial charge in [0, 0.05) is 5.69 Å². The number of rotatable bonds is 1. The van der Waals surface area contributed by atoms with Gasteiger partial charge in [-0.05, 0) is 30.7 Å². The maximum absolute atomic E-state index is 11.3. The molecule has 0 fully saturated rings. The van der Waals surface area contributed by atoms with E-state index in [0.717, 1.165) is 17.0 Å². The topological polar surface area (TPSA) is 38.3 Å². The van der Waals surface area contributed by atoms with Crippen molar-refractivity contribution in [2.45, 2.75) is 12.8 Å². The van der Waals surface area contributed by atoms with Crippen LogP contribution in [0.25, 0.3) is 0 Å². The highest BCUT2D eigenvalue weighted by Gasteiger charge is 2.26. The second-order valence-electron chi connectivity index (χ2n) is 3.16. The van der Waals surface area contributed by atoms with Gasteiger partial charge >= 0.3 is 0 Å². The molecule has 0 spiro atoms. The summed E-state index contributed by atoms with van der Waals surface area (Å²) in [6.07, 6.45) is 0. The van der Waals surface area contributed by atoms with Crippen LogP contribution in [-0.2, 0) is 4.79 Å². The third-order valence-electron chi connectivity index (χ3n) is 2.38. The van der Waals surface area contributed by atoms with Gasteiger partial charge in [0.25, 0.3) is 0 Å². The summed E-state index contributed by atoms with van der Waals surface area (Å²) in [4.78, 5) is 11.3. The van der Waals surface area contributed by atoms with E-state index in [1.165, 1.54) is 0 Å². The number of nitrogens with one attached hydrogen (secondary N) is 1. The summed E-state index contributed by atoms with van der Waals surface area (Å²) in [5, 5.41) is 2.80. The van der Waals surface area contributed by atoms with E-state index in [1.807, 2.05) is 25.1 Å². The zero-order valence-electron chi connectivity index (χ0n) is 7.63. The summed E-state index contributed by atoms with van der Waals surface area (Å²) >= 11 is 0. The minimum absolute atomic E-state index is 0.0586. The first-order valence-electron chi connectivity index (χ1n) is 4.21. The van der Waals surface area contributed by atoms with E-state index in [2.05, 4.69) is 5.32 Å². The first-order valence-corrected chi connectivity index (χ1v) is 4.21. The average molecular weight is 177 g/mol. The van der Waals surface area contributed by atoms with E-state index in [4.69, 9.17) is 4.74 Å². The molecule has 1 aromatic rings. The van der Waals surface area contributed by atoms with Crippen molar-refractivity contribution in [1.29, 1.82) is 0 Å². The Morgan fingerprint density at radius 1 is 1.46 bits per heavy atom. The van der Waals surface area contributed by atoms with Crippen molar-refractivity contribution in [3.8, 4) is 5.75 Å². The summed E-state index contributed by atoms with van der Waals surface area (Å²) in [7, 11) is 1.62. The van der Waals surface area contributed by atoms with Crippen LogP contribution >= 0.6 is 0 Å². The minimum Gasteiger partial charge on any atom is -0.497 e. The van der Waals surface area contributed by atoms with Crippen molar-refractivity contribution < 1.29 is 9.53 Å². The van der Waals surface area contributed by atoms with E-state index in [9.17, 15) is 4.79 Å². The lowest BCUT2D eigenvalue weighted by molar-refractivity contribution is -0.116. The monoisotopic (exact) mass is 177 g/mol. The van der Waals surface area contributed by atoms with Crippen LogP contribution in [0.1, 0.15) is 18.4 Å². The van der Waals surface area contributed by atoms with Crippen LogP contribution in [0, 0.1) is 0 Å². The van der Waals surface area contributed by atoms with E-state index in [-0.39, 0.29) is 11.8 Å². The molecule has 3 nitrogen and oxygen atoms in total. The molecule has 1 aromatic carbocycles. The van der Waals surface area contributed by atoms with Crippen LogP contribution in [-0.4, -0.2) is 13.0 Å². The number of benzene rings is 1. The van der Waals surface area contributed by atoms with Gasteiger partial charge in [-0.25, -0.2) is 0 Å². The van der Waals surface area contributed by atoms with Crippen molar-refractivity contribution in [3.63, 3.8) is 0 Å². The summed E-state index contributed by atoms with van der Waals surface area (Å²) in [5.74, 6) is 0.787. The van der Waals surface area contributed by atoms with E-state index < -0.39 is 0 Å². The Labute approximate surface area is 76.7 Å². The standard InChI is InChI=1S/C10H11NO2/c1-6-8-5-7(13-2)3-4-9(8)11-10(6)12/h3-6H,1-2H3,(H,11,12)/t6-/m1/s1. The Hall–Kier alpha value is -1.51. The number of fused-ring (bicyclic) bond motifs is 1. The number of hydrogen-bond acceptors (Lipinski definition) is 2. The number of methoxy groups -OCH3 is 1. The molecule has 3 heteroatoms. The highest BCUT2D eigenvalue weighted by molar-refractivity contribution is 6.02. The molecule has 1 aliphatic rings. The van der Waals surface area contributed by atoms with Gasteiger partial charge in [0.05, 0.1) is 13.0 Å². The van der Waals surface area contributed by atoms with Crippen molar-refractivity contribution in [2.75, 3.05) is 12.4 Å². The Morgan fingerprint density at radius 3 is 2.92 bits per heavy atom. The zero-order valence-corrected chi connectivity index (χ0v) is 7.63. The molecule has 1 N–H and O–H groups in total. The molecule has 1 aliphatic heterocycles. The van der Waals surface area contributed by atoms with Crippen molar-refractivity contribution in [3.05, 3.63) is 23.8 Å². The highest BCUT2D eigenvalue weighted by atomic mass is 16.5. The predicted octanol–water partition coefficient (Wildman–Crippen LogP) is 1.75. The molecular formula is C10H11NO2. The number of hydrogen-bond donors (Lipinski definition) is 1. The van der Waals surface area contributed by atoms with E-state index in [1.54, 1.807) is 7.11 Å². The molecule has 0 saturated heterocycles. The second-order valence-corrected chi connectivity index (χ2v) is 3.16. The summed E-state index contributed by atoms with van der Waals surface area (Å²) in [6.45, 7) is 1.89. The van der Waals surface area contributed by atoms with Crippen LogP contribution in [0.4, 0.5) is 5.69 Å². The zero-order chi connectivity index (χ0) is 9.42. The highest BCUT2D eigenvalue weighted by Crippen LogP contribution is 2.34. The number of carbonyl (C=O) groups excluding carboxylic acids is 1. The third-order valence-corrected chi connectivity index (χ3v) is 2.38. The molecule has 0 saturated carbocycles. The van der Waals surface area contributed by atoms with Gasteiger partial charge in [0.15, 0.2) is 0 Å². The molecule has 68 valence electrons. The van der Waals surface area contributed by atoms with Crippen LogP contribution < -0.4 is 10.1 Å². The van der Waals surface area contributed by atoms with Crippen molar-refractivity contribution >= 4 is 11.6 Å². The van der Waals surface area contributed by atoms with Crippen molar-refractivity contribution in [1.82, 2.24) is 0 Å². The largest absolute Gasteiger partial charge is 0.497 e. The Morgan fingerprint density at radius 2 is 2.23 bits per heavy atom. The fourth-order valence-electron chi connectivity index (χ4n) is 1.52. The van der Waals surface area contributed by atoms with Crippen LogP contribution in [0.2, 0.25) is 0 Å². The molecule has 1 heterocycles. The maximum Gasteiger partial charge on any atom is 0.231 e. The Balaban J connectivity index is 2.47. The van der Waals surface area contributed by atoms with Crippen LogP contribution in [0.15, 0.2) is 18.2 Å². The summed E-state index contributed by atoms with van der Waals surface area (Å²) in [5.41, 5.74) is 1.92. The normalized spacial score (nSPS) is 19.5. The van der Waals surface area contributed by atoms with E-state index in [0.29, 0.717) is 0 Å². The number of amides is 1. The number of ether oxygens (including phenoxy) is 1. The van der Waals surface area contributed by atoms with Gasteiger partial charge < -0.3 is 10.1 Å². The smallest absolute Gasteiger partial charge is 0.231 e. The minimum atomic E-state index is -0.0647. The molecule has 2 rings (SSSR count). The molecule has 0 unspecified atom stereocenters. The van der Waals surface area contributed by atoms with Crippen molar-refractivity contribution in [2.24, 2.45) is 0 Å². The number of anilines is 1. The SMILES string of the molecule is COc1ccc2c(c1)[C@@H](C)C(=O)N2. The van der Waals surface area contributed by atoms with Gasteiger partial charge in [-0.3, -0.25) is 4.79 Å². The Bertz CT molecular complexity index is 360. The van der Waals surface area contributed by atoms with Crippen LogP contribution in [0.3, 0.4) is 0 Å². The summed E-state index contributed by atoms with van der Waals surface area (Å²) in [6, 6.07) is 5.62. The molecule has 0 aromatic heterocycles. The quantitative estimate of drug-likeness (QED) is 0.709. The fraction of sp³-hybridized carbons (Fsp3) is 0.300. The van der Waals surface area contributed by atoms with E-state index >= 15 is 0 Å². The molecule has 1 amide bonds. The molecule has 13 heavy (non-hydrogen) atoms. The van der Waals surface area contributed by atoms with Gasteiger partial charge in [0.1, 0.15) is 5.75 Å². The lowest BCUT2D eigenvalue weighted by atomic mass is 10.0. The average Bonchev–Trinajstić information content (AvgIpc) is 2.43. The Kier molecular flexibility index (Phi) is 1.72. The first-order chi connectivity index (χ1) is 6.22. The molecule has 1 atom stereocenters. The van der Waals surface area contributed by atoms with Gasteiger partial charge in [0.2, 0.25) is 5.91 Å². The lowest BCUT2D eigenvalue weighted by Crippen LogP contribution is -2.08. The fourth-order valence-corrected chi connectivity index (χ4v) is 1.52. The summed E-state index contributed by atoms with van der Waals surface area (Å²) < 4.78 is 5.08. The molecule has 0 aliphatic carbocycles. The van der Waals surface area contributed by atoms with Crippen LogP contribution in [0.5, 0.6) is 5.75 Å². The van der Waals surface area contributed by atoms with Gasteiger partial charge in [-0.2, -0.15) is 0 Å².